The third-order valence-corrected chi connectivity index (χ3v) is 4.95. The summed E-state index contributed by atoms with van der Waals surface area (Å²) < 4.78 is 7.61. The van der Waals surface area contributed by atoms with Crippen LogP contribution in [0.15, 0.2) is 66.9 Å². The van der Waals surface area contributed by atoms with Gasteiger partial charge in [0.25, 0.3) is 0 Å². The fourth-order valence-electron chi connectivity index (χ4n) is 3.30. The van der Waals surface area contributed by atoms with Gasteiger partial charge in [-0.05, 0) is 67.4 Å². The highest BCUT2D eigenvalue weighted by Gasteiger charge is 2.15. The van der Waals surface area contributed by atoms with Crippen molar-refractivity contribution in [1.29, 1.82) is 0 Å². The van der Waals surface area contributed by atoms with E-state index >= 15 is 0 Å². The first kappa shape index (κ1) is 21.8. The number of rotatable bonds is 9. The zero-order chi connectivity index (χ0) is 21.3. The lowest BCUT2D eigenvalue weighted by molar-refractivity contribution is 0.208. The van der Waals surface area contributed by atoms with Crippen LogP contribution >= 0.6 is 11.6 Å². The topological polar surface area (TPSA) is 46.5 Å². The molecule has 3 aromatic rings. The minimum absolute atomic E-state index is 0.114. The van der Waals surface area contributed by atoms with Crippen LogP contribution in [0.25, 0.3) is 0 Å². The van der Waals surface area contributed by atoms with Gasteiger partial charge in [-0.1, -0.05) is 30.7 Å². The second kappa shape index (κ2) is 10.7. The molecule has 0 spiro atoms. The second-order valence-corrected chi connectivity index (χ2v) is 7.50. The van der Waals surface area contributed by atoms with Crippen LogP contribution in [-0.4, -0.2) is 28.6 Å². The Morgan fingerprint density at radius 1 is 1.10 bits per heavy atom. The highest BCUT2D eigenvalue weighted by atomic mass is 35.5. The van der Waals surface area contributed by atoms with E-state index in [4.69, 9.17) is 16.3 Å². The first-order valence-corrected chi connectivity index (χ1v) is 10.6. The molecule has 158 valence electrons. The molecule has 30 heavy (non-hydrogen) atoms. The van der Waals surface area contributed by atoms with Crippen molar-refractivity contribution in [2.75, 3.05) is 18.5 Å². The molecule has 0 saturated carbocycles. The summed E-state index contributed by atoms with van der Waals surface area (Å²) in [5.41, 5.74) is 2.95. The fourth-order valence-corrected chi connectivity index (χ4v) is 3.51. The van der Waals surface area contributed by atoms with E-state index in [0.29, 0.717) is 26.2 Å². The number of benzene rings is 2. The van der Waals surface area contributed by atoms with Crippen LogP contribution < -0.4 is 10.1 Å². The van der Waals surface area contributed by atoms with Crippen LogP contribution in [0.3, 0.4) is 0 Å². The third-order valence-electron chi connectivity index (χ3n) is 4.72. The second-order valence-electron chi connectivity index (χ2n) is 7.07. The van der Waals surface area contributed by atoms with Crippen molar-refractivity contribution in [1.82, 2.24) is 9.47 Å². The van der Waals surface area contributed by atoms with Gasteiger partial charge in [0.2, 0.25) is 0 Å². The zero-order valence-electron chi connectivity index (χ0n) is 17.5. The number of urea groups is 1. The van der Waals surface area contributed by atoms with Gasteiger partial charge in [-0.3, -0.25) is 0 Å². The normalized spacial score (nSPS) is 10.6. The van der Waals surface area contributed by atoms with E-state index in [2.05, 4.69) is 28.9 Å². The lowest BCUT2D eigenvalue weighted by atomic mass is 10.2. The minimum Gasteiger partial charge on any atom is -0.494 e. The molecule has 0 fully saturated rings. The average Bonchev–Trinajstić information content (AvgIpc) is 3.16. The number of ether oxygens (including phenoxy) is 1. The predicted octanol–water partition coefficient (Wildman–Crippen LogP) is 6.03. The molecular weight excluding hydrogens is 398 g/mol. The molecule has 2 aromatic carbocycles. The van der Waals surface area contributed by atoms with Gasteiger partial charge in [-0.2, -0.15) is 0 Å². The minimum atomic E-state index is -0.114. The summed E-state index contributed by atoms with van der Waals surface area (Å²) >= 11 is 6.12. The molecule has 1 N–H and O–H groups in total. The summed E-state index contributed by atoms with van der Waals surface area (Å²) in [6.45, 7) is 6.55. The Morgan fingerprint density at radius 3 is 2.60 bits per heavy atom. The monoisotopic (exact) mass is 425 g/mol. The van der Waals surface area contributed by atoms with Gasteiger partial charge < -0.3 is 19.5 Å². The number of nitrogens with zero attached hydrogens (tertiary/aromatic N) is 2. The highest BCUT2D eigenvalue weighted by Crippen LogP contribution is 2.18. The predicted molar refractivity (Wildman–Crippen MR) is 122 cm³/mol. The maximum absolute atomic E-state index is 12.9. The molecule has 1 aromatic heterocycles. The fraction of sp³-hybridized carbons (Fsp3) is 0.292. The van der Waals surface area contributed by atoms with Crippen molar-refractivity contribution in [3.05, 3.63) is 83.1 Å². The quantitative estimate of drug-likeness (QED) is 0.454. The first-order chi connectivity index (χ1) is 14.6. The summed E-state index contributed by atoms with van der Waals surface area (Å²) in [6, 6.07) is 19.2. The number of nitrogens with one attached hydrogen (secondary N) is 1. The molecular formula is C24H28ClN3O2. The number of hydrogen-bond acceptors (Lipinski definition) is 2. The Hall–Kier alpha value is -2.92. The molecule has 1 heterocycles. The van der Waals surface area contributed by atoms with Crippen LogP contribution in [0.4, 0.5) is 10.5 Å². The number of carbonyl (C=O) groups excluding carboxylic acids is 1. The van der Waals surface area contributed by atoms with E-state index < -0.39 is 0 Å². The number of hydrogen-bond donors (Lipinski definition) is 1. The van der Waals surface area contributed by atoms with E-state index in [1.807, 2.05) is 66.6 Å². The van der Waals surface area contributed by atoms with Gasteiger partial charge in [0.05, 0.1) is 13.2 Å². The molecule has 0 unspecified atom stereocenters. The highest BCUT2D eigenvalue weighted by molar-refractivity contribution is 6.30. The molecule has 2 amide bonds. The molecule has 0 atom stereocenters. The van der Waals surface area contributed by atoms with Crippen molar-refractivity contribution < 1.29 is 9.53 Å². The van der Waals surface area contributed by atoms with Gasteiger partial charge in [0, 0.05) is 35.7 Å². The number of anilines is 1. The largest absolute Gasteiger partial charge is 0.494 e. The Morgan fingerprint density at radius 2 is 1.90 bits per heavy atom. The van der Waals surface area contributed by atoms with Crippen LogP contribution in [-0.2, 0) is 13.1 Å². The van der Waals surface area contributed by atoms with E-state index in [1.54, 1.807) is 0 Å². The molecule has 0 aliphatic carbocycles. The Labute approximate surface area is 183 Å². The lowest BCUT2D eigenvalue weighted by Gasteiger charge is -2.23. The number of aromatic nitrogens is 1. The van der Waals surface area contributed by atoms with Gasteiger partial charge >= 0.3 is 6.03 Å². The van der Waals surface area contributed by atoms with Crippen molar-refractivity contribution in [3.8, 4) is 5.75 Å². The number of halogens is 1. The molecule has 0 aliphatic heterocycles. The Balaban J connectivity index is 1.68. The van der Waals surface area contributed by atoms with E-state index in [1.165, 1.54) is 0 Å². The van der Waals surface area contributed by atoms with Crippen molar-refractivity contribution in [2.24, 2.45) is 0 Å². The van der Waals surface area contributed by atoms with Gasteiger partial charge in [-0.15, -0.1) is 0 Å². The van der Waals surface area contributed by atoms with Crippen LogP contribution in [0.2, 0.25) is 5.02 Å². The van der Waals surface area contributed by atoms with Crippen LogP contribution in [0, 0.1) is 0 Å². The summed E-state index contributed by atoms with van der Waals surface area (Å²) in [6.07, 6.45) is 2.91. The maximum atomic E-state index is 12.9. The van der Waals surface area contributed by atoms with Crippen molar-refractivity contribution in [2.45, 2.75) is 33.4 Å². The third kappa shape index (κ3) is 6.04. The molecule has 6 heteroatoms. The van der Waals surface area contributed by atoms with Crippen molar-refractivity contribution in [3.63, 3.8) is 0 Å². The van der Waals surface area contributed by atoms with Crippen LogP contribution in [0.5, 0.6) is 5.75 Å². The Bertz CT molecular complexity index is 953. The summed E-state index contributed by atoms with van der Waals surface area (Å²) in [4.78, 5) is 14.7. The summed E-state index contributed by atoms with van der Waals surface area (Å²) in [5.74, 6) is 0.791. The van der Waals surface area contributed by atoms with Crippen molar-refractivity contribution >= 4 is 23.3 Å². The summed E-state index contributed by atoms with van der Waals surface area (Å²) in [7, 11) is 0. The maximum Gasteiger partial charge on any atom is 0.322 e. The smallest absolute Gasteiger partial charge is 0.322 e. The SMILES string of the molecule is CCCN(Cc1cccn1Cc1cccc(Cl)c1)C(=O)Nc1ccc(OCC)cc1. The lowest BCUT2D eigenvalue weighted by Crippen LogP contribution is -2.35. The Kier molecular flexibility index (Phi) is 7.80. The zero-order valence-corrected chi connectivity index (χ0v) is 18.2. The number of amides is 2. The van der Waals surface area contributed by atoms with E-state index in [0.717, 1.165) is 34.1 Å². The van der Waals surface area contributed by atoms with Crippen LogP contribution in [0.1, 0.15) is 31.5 Å². The van der Waals surface area contributed by atoms with Gasteiger partial charge in [0.1, 0.15) is 5.75 Å². The molecule has 0 saturated heterocycles. The molecule has 0 radical (unpaired) electrons. The molecule has 3 rings (SSSR count). The van der Waals surface area contributed by atoms with Gasteiger partial charge in [-0.25, -0.2) is 4.79 Å². The first-order valence-electron chi connectivity index (χ1n) is 10.3. The molecule has 5 nitrogen and oxygen atoms in total. The standard InChI is InChI=1S/C24H28ClN3O2/c1-3-14-28(24(29)26-21-10-12-23(13-11-21)30-4-2)18-22-9-6-15-27(22)17-19-7-5-8-20(25)16-19/h5-13,15-16H,3-4,14,17-18H2,1-2H3,(H,26,29). The number of carbonyl (C=O) groups is 1. The molecule has 0 aliphatic rings. The molecule has 0 bridgehead atoms. The van der Waals surface area contributed by atoms with E-state index in [9.17, 15) is 4.79 Å². The van der Waals surface area contributed by atoms with Gasteiger partial charge in [0.15, 0.2) is 0 Å². The van der Waals surface area contributed by atoms with E-state index in [-0.39, 0.29) is 6.03 Å². The summed E-state index contributed by atoms with van der Waals surface area (Å²) in [5, 5.41) is 3.72. The average molecular weight is 426 g/mol.